The number of anilines is 1. The van der Waals surface area contributed by atoms with Crippen molar-refractivity contribution in [3.8, 4) is 0 Å². The van der Waals surface area contributed by atoms with E-state index in [1.54, 1.807) is 10.8 Å². The standard InChI is InChI=1S/C14H17N7O.C2HF3O2/c1-2-22-9-12-8-19(7-11-5-6-16-21(11)12)14-4-3-13-17-15-10-20(13)18-14;3-2(4,5)1(6)7/h3-6,10,12H,2,7-9H2,1H3;(H,6,7). The van der Waals surface area contributed by atoms with Crippen LogP contribution in [0, 0.1) is 0 Å². The first kappa shape index (κ1) is 20.5. The molecule has 0 saturated carbocycles. The van der Waals surface area contributed by atoms with Gasteiger partial charge in [0.25, 0.3) is 0 Å². The van der Waals surface area contributed by atoms with Crippen LogP contribution in [-0.4, -0.2) is 66.6 Å². The summed E-state index contributed by atoms with van der Waals surface area (Å²) in [6.45, 7) is 4.96. The molecule has 0 aliphatic carbocycles. The molecule has 4 rings (SSSR count). The number of alkyl halides is 3. The van der Waals surface area contributed by atoms with Gasteiger partial charge in [0.05, 0.1) is 24.9 Å². The minimum atomic E-state index is -5.08. The van der Waals surface area contributed by atoms with E-state index in [0.717, 1.165) is 24.6 Å². The van der Waals surface area contributed by atoms with Crippen LogP contribution in [-0.2, 0) is 16.1 Å². The summed E-state index contributed by atoms with van der Waals surface area (Å²) < 4.78 is 41.1. The van der Waals surface area contributed by atoms with Crippen LogP contribution in [0.5, 0.6) is 0 Å². The van der Waals surface area contributed by atoms with E-state index in [9.17, 15) is 13.2 Å². The summed E-state index contributed by atoms with van der Waals surface area (Å²) >= 11 is 0. The third-order valence-electron chi connectivity index (χ3n) is 4.11. The van der Waals surface area contributed by atoms with E-state index < -0.39 is 12.1 Å². The van der Waals surface area contributed by atoms with Crippen LogP contribution in [0.15, 0.2) is 30.7 Å². The van der Waals surface area contributed by atoms with Crippen molar-refractivity contribution >= 4 is 17.4 Å². The van der Waals surface area contributed by atoms with E-state index in [1.807, 2.05) is 31.3 Å². The first-order valence-corrected chi connectivity index (χ1v) is 8.62. The number of aliphatic carboxylic acids is 1. The predicted octanol–water partition coefficient (Wildman–Crippen LogP) is 1.55. The summed E-state index contributed by atoms with van der Waals surface area (Å²) in [5.41, 5.74) is 1.92. The van der Waals surface area contributed by atoms with Crippen molar-refractivity contribution in [3.63, 3.8) is 0 Å². The lowest BCUT2D eigenvalue weighted by atomic mass is 10.2. The van der Waals surface area contributed by atoms with Crippen molar-refractivity contribution in [2.45, 2.75) is 25.7 Å². The van der Waals surface area contributed by atoms with Gasteiger partial charge in [-0.2, -0.15) is 22.8 Å². The van der Waals surface area contributed by atoms with Gasteiger partial charge in [0.15, 0.2) is 5.65 Å². The molecule has 1 aliphatic heterocycles. The number of fused-ring (bicyclic) bond motifs is 2. The zero-order valence-electron chi connectivity index (χ0n) is 15.3. The Kier molecular flexibility index (Phi) is 5.96. The molecule has 3 aromatic rings. The second kappa shape index (κ2) is 8.43. The minimum Gasteiger partial charge on any atom is -0.475 e. The molecule has 0 amide bonds. The molecule has 0 aromatic carbocycles. The third kappa shape index (κ3) is 4.80. The Labute approximate surface area is 162 Å². The molecule has 0 saturated heterocycles. The molecule has 13 heteroatoms. The molecule has 0 bridgehead atoms. The molecular formula is C16H18F3N7O3. The van der Waals surface area contributed by atoms with Gasteiger partial charge >= 0.3 is 12.1 Å². The van der Waals surface area contributed by atoms with Crippen LogP contribution >= 0.6 is 0 Å². The van der Waals surface area contributed by atoms with Crippen molar-refractivity contribution < 1.29 is 27.8 Å². The number of halogens is 3. The van der Waals surface area contributed by atoms with Crippen molar-refractivity contribution in [1.82, 2.24) is 29.6 Å². The molecule has 10 nitrogen and oxygen atoms in total. The maximum absolute atomic E-state index is 10.6. The Balaban J connectivity index is 0.000000298. The number of hydrogen-bond acceptors (Lipinski definition) is 7. The largest absolute Gasteiger partial charge is 0.490 e. The van der Waals surface area contributed by atoms with Crippen molar-refractivity contribution in [2.75, 3.05) is 24.7 Å². The third-order valence-corrected chi connectivity index (χ3v) is 4.11. The maximum atomic E-state index is 10.6. The van der Waals surface area contributed by atoms with E-state index in [1.165, 1.54) is 5.69 Å². The monoisotopic (exact) mass is 413 g/mol. The molecule has 3 aromatic heterocycles. The molecule has 1 N–H and O–H groups in total. The maximum Gasteiger partial charge on any atom is 0.490 e. The Hall–Kier alpha value is -3.22. The normalized spacial score (nSPS) is 16.3. The van der Waals surface area contributed by atoms with Gasteiger partial charge in [0, 0.05) is 19.3 Å². The van der Waals surface area contributed by atoms with Gasteiger partial charge in [-0.1, -0.05) is 0 Å². The summed E-state index contributed by atoms with van der Waals surface area (Å²) in [6.07, 6.45) is -1.63. The Bertz CT molecular complexity index is 972. The zero-order chi connectivity index (χ0) is 21.0. The van der Waals surface area contributed by atoms with E-state index in [2.05, 4.69) is 30.0 Å². The van der Waals surface area contributed by atoms with Crippen molar-refractivity contribution in [3.05, 3.63) is 36.4 Å². The van der Waals surface area contributed by atoms with Crippen LogP contribution in [0.25, 0.3) is 5.65 Å². The summed E-state index contributed by atoms with van der Waals surface area (Å²) in [7, 11) is 0. The first-order chi connectivity index (χ1) is 13.8. The molecule has 0 spiro atoms. The molecule has 1 unspecified atom stereocenters. The summed E-state index contributed by atoms with van der Waals surface area (Å²) in [5, 5.41) is 24.0. The second-order valence-electron chi connectivity index (χ2n) is 6.09. The van der Waals surface area contributed by atoms with Crippen LogP contribution in [0.1, 0.15) is 18.7 Å². The fourth-order valence-corrected chi connectivity index (χ4v) is 2.83. The molecule has 29 heavy (non-hydrogen) atoms. The fraction of sp³-hybridized carbons (Fsp3) is 0.438. The molecule has 0 fully saturated rings. The smallest absolute Gasteiger partial charge is 0.475 e. The summed E-state index contributed by atoms with van der Waals surface area (Å²) in [4.78, 5) is 11.1. The lowest BCUT2D eigenvalue weighted by Gasteiger charge is -2.34. The number of aromatic nitrogens is 6. The molecule has 4 heterocycles. The van der Waals surface area contributed by atoms with Crippen LogP contribution < -0.4 is 4.90 Å². The number of carbonyl (C=O) groups is 1. The Morgan fingerprint density at radius 2 is 2.10 bits per heavy atom. The lowest BCUT2D eigenvalue weighted by Crippen LogP contribution is -2.40. The van der Waals surface area contributed by atoms with Gasteiger partial charge in [-0.25, -0.2) is 4.79 Å². The Morgan fingerprint density at radius 1 is 1.34 bits per heavy atom. The number of ether oxygens (including phenoxy) is 1. The van der Waals surface area contributed by atoms with E-state index >= 15 is 0 Å². The summed E-state index contributed by atoms with van der Waals surface area (Å²) in [6, 6.07) is 6.15. The van der Waals surface area contributed by atoms with Crippen molar-refractivity contribution in [2.24, 2.45) is 0 Å². The highest BCUT2D eigenvalue weighted by molar-refractivity contribution is 5.73. The molecule has 1 atom stereocenters. The van der Waals surface area contributed by atoms with Crippen LogP contribution in [0.3, 0.4) is 0 Å². The highest BCUT2D eigenvalue weighted by Gasteiger charge is 2.38. The number of carboxylic acids is 1. The van der Waals surface area contributed by atoms with Crippen LogP contribution in [0.2, 0.25) is 0 Å². The lowest BCUT2D eigenvalue weighted by molar-refractivity contribution is -0.192. The van der Waals surface area contributed by atoms with Crippen molar-refractivity contribution in [1.29, 1.82) is 0 Å². The zero-order valence-corrected chi connectivity index (χ0v) is 15.3. The molecule has 0 radical (unpaired) electrons. The first-order valence-electron chi connectivity index (χ1n) is 8.62. The fourth-order valence-electron chi connectivity index (χ4n) is 2.83. The predicted molar refractivity (Wildman–Crippen MR) is 93.3 cm³/mol. The molecule has 156 valence electrons. The van der Waals surface area contributed by atoms with Gasteiger partial charge in [-0.3, -0.25) is 4.68 Å². The van der Waals surface area contributed by atoms with Crippen LogP contribution in [0.4, 0.5) is 19.0 Å². The SMILES string of the molecule is CCOCC1CN(c2ccc3nncn3n2)Cc2ccnn21.O=C(O)C(F)(F)F. The number of rotatable bonds is 4. The average Bonchev–Trinajstić information content (AvgIpc) is 3.33. The quantitative estimate of drug-likeness (QED) is 0.686. The number of carboxylic acid groups (broad SMARTS) is 1. The average molecular weight is 413 g/mol. The second-order valence-corrected chi connectivity index (χ2v) is 6.09. The van der Waals surface area contributed by atoms with Gasteiger partial charge in [0.1, 0.15) is 12.1 Å². The number of hydrogen-bond donors (Lipinski definition) is 1. The number of nitrogens with zero attached hydrogens (tertiary/aromatic N) is 7. The highest BCUT2D eigenvalue weighted by Crippen LogP contribution is 2.24. The van der Waals surface area contributed by atoms with E-state index in [4.69, 9.17) is 14.6 Å². The summed E-state index contributed by atoms with van der Waals surface area (Å²) in [5.74, 6) is -1.85. The van der Waals surface area contributed by atoms with Gasteiger partial charge in [0.2, 0.25) is 0 Å². The van der Waals surface area contributed by atoms with Gasteiger partial charge in [-0.05, 0) is 25.1 Å². The van der Waals surface area contributed by atoms with E-state index in [-0.39, 0.29) is 6.04 Å². The van der Waals surface area contributed by atoms with E-state index in [0.29, 0.717) is 13.2 Å². The molecular weight excluding hydrogens is 395 g/mol. The molecule has 1 aliphatic rings. The minimum absolute atomic E-state index is 0.192. The highest BCUT2D eigenvalue weighted by atomic mass is 19.4. The topological polar surface area (TPSA) is 111 Å². The Morgan fingerprint density at radius 3 is 2.79 bits per heavy atom. The van der Waals surface area contributed by atoms with Gasteiger partial charge in [-0.15, -0.1) is 15.3 Å². The van der Waals surface area contributed by atoms with Gasteiger partial charge < -0.3 is 14.7 Å².